The van der Waals surface area contributed by atoms with Gasteiger partial charge in [-0.1, -0.05) is 72.3 Å². The van der Waals surface area contributed by atoms with Gasteiger partial charge in [-0.2, -0.15) is 0 Å². The van der Waals surface area contributed by atoms with E-state index >= 15 is 0 Å². The lowest BCUT2D eigenvalue weighted by atomic mass is 9.94. The first-order chi connectivity index (χ1) is 18.0. The summed E-state index contributed by atoms with van der Waals surface area (Å²) in [5, 5.41) is 11.8. The van der Waals surface area contributed by atoms with E-state index in [2.05, 4.69) is 38.8 Å². The fourth-order valence-corrected chi connectivity index (χ4v) is 5.45. The van der Waals surface area contributed by atoms with Gasteiger partial charge in [0.15, 0.2) is 0 Å². The first-order valence-electron chi connectivity index (χ1n) is 12.7. The Kier molecular flexibility index (Phi) is 7.63. The second-order valence-corrected chi connectivity index (χ2v) is 9.80. The molecule has 5 rings (SSSR count). The van der Waals surface area contributed by atoms with Crippen molar-refractivity contribution in [2.24, 2.45) is 0 Å². The maximum atomic E-state index is 13.4. The van der Waals surface area contributed by atoms with Crippen LogP contribution in [0.4, 0.5) is 10.6 Å². The van der Waals surface area contributed by atoms with Crippen LogP contribution in [0.5, 0.6) is 5.88 Å². The molecule has 0 spiro atoms. The molecule has 0 bridgehead atoms. The van der Waals surface area contributed by atoms with Crippen LogP contribution in [0.1, 0.15) is 30.4 Å². The number of allylic oxidation sites excluding steroid dienone is 2. The number of carbonyl (C=O) groups excluding carboxylic acids is 1. The van der Waals surface area contributed by atoms with E-state index in [9.17, 15) is 4.79 Å². The molecule has 1 aliphatic heterocycles. The molecule has 2 N–H and O–H groups in total. The molecule has 1 saturated heterocycles. The SMILES string of the molecule is CCOc1nn(-c2ccccc2)c(NC(=O)N[C@@H]2CN(C3CC=CC=C3Cl)C[C@H]2c2ccccc2)c1C. The lowest BCUT2D eigenvalue weighted by Crippen LogP contribution is -2.43. The van der Waals surface area contributed by atoms with Crippen molar-refractivity contribution in [3.05, 3.63) is 95.1 Å². The summed E-state index contributed by atoms with van der Waals surface area (Å²) in [4.78, 5) is 15.8. The number of para-hydroxylation sites is 1. The van der Waals surface area contributed by atoms with Crippen LogP contribution in [-0.2, 0) is 0 Å². The quantitative estimate of drug-likeness (QED) is 0.426. The van der Waals surface area contributed by atoms with Crippen molar-refractivity contribution >= 4 is 23.4 Å². The van der Waals surface area contributed by atoms with E-state index in [-0.39, 0.29) is 24.0 Å². The van der Waals surface area contributed by atoms with Crippen LogP contribution in [0.2, 0.25) is 0 Å². The molecule has 0 radical (unpaired) electrons. The number of hydrogen-bond donors (Lipinski definition) is 2. The fraction of sp³-hybridized carbons (Fsp3) is 0.310. The molecule has 1 aliphatic carbocycles. The second-order valence-electron chi connectivity index (χ2n) is 9.37. The fourth-order valence-electron chi connectivity index (χ4n) is 5.15. The largest absolute Gasteiger partial charge is 0.477 e. The van der Waals surface area contributed by atoms with Crippen LogP contribution in [0, 0.1) is 6.92 Å². The number of anilines is 1. The summed E-state index contributed by atoms with van der Waals surface area (Å²) in [6.07, 6.45) is 6.97. The summed E-state index contributed by atoms with van der Waals surface area (Å²) in [5.74, 6) is 1.23. The number of hydrogen-bond acceptors (Lipinski definition) is 4. The Morgan fingerprint density at radius 2 is 1.84 bits per heavy atom. The number of urea groups is 1. The highest BCUT2D eigenvalue weighted by Crippen LogP contribution is 2.34. The number of likely N-dealkylation sites (tertiary alicyclic amines) is 1. The van der Waals surface area contributed by atoms with Crippen LogP contribution in [-0.4, -0.2) is 52.5 Å². The maximum absolute atomic E-state index is 13.4. The number of halogens is 1. The van der Waals surface area contributed by atoms with Crippen molar-refractivity contribution < 1.29 is 9.53 Å². The number of ether oxygens (including phenoxy) is 1. The molecule has 7 nitrogen and oxygen atoms in total. The highest BCUT2D eigenvalue weighted by atomic mass is 35.5. The molecule has 1 unspecified atom stereocenters. The van der Waals surface area contributed by atoms with Gasteiger partial charge in [0.1, 0.15) is 5.82 Å². The van der Waals surface area contributed by atoms with Gasteiger partial charge in [-0.15, -0.1) is 5.10 Å². The molecule has 0 saturated carbocycles. The summed E-state index contributed by atoms with van der Waals surface area (Å²) in [5.41, 5.74) is 2.82. The molecular formula is C29H32ClN5O2. The molecule has 3 aromatic rings. The Morgan fingerprint density at radius 3 is 2.54 bits per heavy atom. The lowest BCUT2D eigenvalue weighted by molar-refractivity contribution is 0.244. The second kappa shape index (κ2) is 11.2. The molecule has 37 heavy (non-hydrogen) atoms. The van der Waals surface area contributed by atoms with Crippen LogP contribution in [0.15, 0.2) is 83.9 Å². The number of amides is 2. The van der Waals surface area contributed by atoms with Crippen LogP contribution < -0.4 is 15.4 Å². The van der Waals surface area contributed by atoms with Gasteiger partial charge < -0.3 is 10.1 Å². The molecule has 2 amide bonds. The molecule has 2 aromatic carbocycles. The van der Waals surface area contributed by atoms with Gasteiger partial charge in [-0.05, 0) is 44.0 Å². The van der Waals surface area contributed by atoms with Gasteiger partial charge in [0.2, 0.25) is 5.88 Å². The van der Waals surface area contributed by atoms with Gasteiger partial charge in [-0.3, -0.25) is 10.2 Å². The Labute approximate surface area is 222 Å². The smallest absolute Gasteiger partial charge is 0.320 e. The zero-order chi connectivity index (χ0) is 25.8. The maximum Gasteiger partial charge on any atom is 0.320 e. The van der Waals surface area contributed by atoms with Gasteiger partial charge >= 0.3 is 6.03 Å². The number of rotatable bonds is 7. The minimum atomic E-state index is -0.277. The summed E-state index contributed by atoms with van der Waals surface area (Å²) in [6.45, 7) is 5.83. The van der Waals surface area contributed by atoms with Gasteiger partial charge in [0.05, 0.1) is 23.9 Å². The number of nitrogens with one attached hydrogen (secondary N) is 2. The Morgan fingerprint density at radius 1 is 1.11 bits per heavy atom. The standard InChI is InChI=1S/C29H32ClN5O2/c1-3-37-28-20(2)27(35(33-28)22-14-8-5-9-15-22)32-29(36)31-25-19-34(26-17-11-10-16-24(26)30)18-23(25)21-12-6-4-7-13-21/h4-16,23,25-26H,3,17-19H2,1-2H3,(H2,31,32,36)/t23-,25+,26?/m0/s1. The third kappa shape index (κ3) is 5.43. The van der Waals surface area contributed by atoms with E-state index in [0.29, 0.717) is 24.8 Å². The van der Waals surface area contributed by atoms with Gasteiger partial charge in [0.25, 0.3) is 0 Å². The van der Waals surface area contributed by atoms with Gasteiger partial charge in [0, 0.05) is 30.1 Å². The van der Waals surface area contributed by atoms with E-state index in [1.54, 1.807) is 4.68 Å². The predicted octanol–water partition coefficient (Wildman–Crippen LogP) is 5.62. The van der Waals surface area contributed by atoms with Crippen LogP contribution in [0.25, 0.3) is 5.69 Å². The Balaban J connectivity index is 1.38. The van der Waals surface area contributed by atoms with Crippen molar-refractivity contribution in [1.29, 1.82) is 0 Å². The van der Waals surface area contributed by atoms with Crippen molar-refractivity contribution in [2.45, 2.75) is 38.3 Å². The average Bonchev–Trinajstić information content (AvgIpc) is 3.47. The monoisotopic (exact) mass is 517 g/mol. The Hall–Kier alpha value is -3.55. The molecule has 3 atom stereocenters. The van der Waals surface area contributed by atoms with E-state index in [0.717, 1.165) is 29.2 Å². The molecule has 2 aliphatic rings. The molecule has 1 fully saturated rings. The number of carbonyl (C=O) groups is 1. The summed E-state index contributed by atoms with van der Waals surface area (Å²) >= 11 is 6.59. The summed E-state index contributed by atoms with van der Waals surface area (Å²) < 4.78 is 7.44. The molecular weight excluding hydrogens is 486 g/mol. The Bertz CT molecular complexity index is 1290. The van der Waals surface area contributed by atoms with Crippen LogP contribution in [0.3, 0.4) is 0 Å². The molecule has 1 aromatic heterocycles. The summed E-state index contributed by atoms with van der Waals surface area (Å²) in [7, 11) is 0. The third-order valence-corrected chi connectivity index (χ3v) is 7.37. The predicted molar refractivity (Wildman–Crippen MR) is 148 cm³/mol. The van der Waals surface area contributed by atoms with Crippen molar-refractivity contribution in [1.82, 2.24) is 20.0 Å². The first kappa shape index (κ1) is 25.1. The van der Waals surface area contributed by atoms with Crippen molar-refractivity contribution in [2.75, 3.05) is 25.0 Å². The van der Waals surface area contributed by atoms with E-state index < -0.39 is 0 Å². The number of aromatic nitrogens is 2. The number of nitrogens with zero attached hydrogens (tertiary/aromatic N) is 3. The van der Waals surface area contributed by atoms with Crippen molar-refractivity contribution in [3.8, 4) is 11.6 Å². The van der Waals surface area contributed by atoms with Crippen LogP contribution >= 0.6 is 11.6 Å². The molecule has 2 heterocycles. The highest BCUT2D eigenvalue weighted by molar-refractivity contribution is 6.30. The number of benzene rings is 2. The first-order valence-corrected chi connectivity index (χ1v) is 13.1. The van der Waals surface area contributed by atoms with E-state index in [1.807, 2.05) is 74.5 Å². The highest BCUT2D eigenvalue weighted by Gasteiger charge is 2.38. The van der Waals surface area contributed by atoms with E-state index in [4.69, 9.17) is 16.3 Å². The minimum absolute atomic E-state index is 0.0856. The van der Waals surface area contributed by atoms with E-state index in [1.165, 1.54) is 5.56 Å². The lowest BCUT2D eigenvalue weighted by Gasteiger charge is -2.28. The molecule has 8 heteroatoms. The molecule has 192 valence electrons. The zero-order valence-corrected chi connectivity index (χ0v) is 21.9. The zero-order valence-electron chi connectivity index (χ0n) is 21.1. The topological polar surface area (TPSA) is 71.4 Å². The normalized spacial score (nSPS) is 21.5. The van der Waals surface area contributed by atoms with Gasteiger partial charge in [-0.25, -0.2) is 9.48 Å². The third-order valence-electron chi connectivity index (χ3n) is 6.99. The minimum Gasteiger partial charge on any atom is -0.477 e. The summed E-state index contributed by atoms with van der Waals surface area (Å²) in [6, 6.07) is 19.8. The van der Waals surface area contributed by atoms with Crippen molar-refractivity contribution in [3.63, 3.8) is 0 Å². The average molecular weight is 518 g/mol.